The molecule has 4 aromatic rings. The molecule has 13 atom stereocenters. The summed E-state index contributed by atoms with van der Waals surface area (Å²) < 4.78 is 60.9. The number of hydrogen-bond acceptors (Lipinski definition) is 25. The number of H-pyrrole nitrogens is 4. The van der Waals surface area contributed by atoms with E-state index in [1.165, 1.54) is 12.0 Å². The van der Waals surface area contributed by atoms with Crippen molar-refractivity contribution in [2.75, 3.05) is 13.7 Å². The van der Waals surface area contributed by atoms with Gasteiger partial charge in [-0.1, -0.05) is 21.3 Å². The number of ether oxygens (including phenoxy) is 6. The zero-order valence-electron chi connectivity index (χ0n) is 74.4. The van der Waals surface area contributed by atoms with E-state index in [1.54, 1.807) is 39.5 Å². The van der Waals surface area contributed by atoms with E-state index in [4.69, 9.17) is 51.4 Å². The number of carbonyl (C=O) groups is 10. The topological polar surface area (TPSA) is 450 Å². The monoisotopic (exact) mass is 2190 g/mol. The summed E-state index contributed by atoms with van der Waals surface area (Å²) in [4.78, 5) is 154. The minimum absolute atomic E-state index is 0. The molecule has 7 amide bonds. The molecule has 0 aliphatic carbocycles. The summed E-state index contributed by atoms with van der Waals surface area (Å²) in [5.41, 5.74) is -2.39. The van der Waals surface area contributed by atoms with Gasteiger partial charge in [0.15, 0.2) is 12.6 Å². The van der Waals surface area contributed by atoms with E-state index in [-0.39, 0.29) is 201 Å². The Balaban J connectivity index is 0.00000140. The number of methoxy groups -OCH3 is 1. The summed E-state index contributed by atoms with van der Waals surface area (Å²) >= 11 is 8.77. The van der Waals surface area contributed by atoms with Crippen LogP contribution in [0.25, 0.3) is 0 Å². The standard InChI is InChI=1S/C15H23IN4O3.C13H19I2N3O2.C13H20IN3O2.C13H21N3O2.C11H21NO3.C11H19NO3.C2H2O2.CH4.2Na.O3S/c1-8(2)12(19-15(22)23-4)14(21)20-9(3)5-6-10(20)13-17-7-11(16)18-13;1-7-5-6-8(11-16-9(14)10(15)17-11)18(7)12(19)20-13(2,3)4;1-8-5-6-9(11-15-7-10(14)16-11)17(8)12(18)19-13(2,3)4;1-9-5-6-10(11-14-7-8-15-11)16(9)12(17)18-13(2,3)4;2*1-8-5-6-9(7-13)12(8)10(14)15-11(2,3)4;3-1-2-4;;;;1-4(2)3/h7-10,12H,5-6H2,1-4H3,(H,17,18)(H,19,22);7-8H,5-6H2,1-4H3,(H,16,17);7-9H,5-6H2,1-4H3,(H,15,16);7-10H,5-6H2,1-4H3,(H,14,15);8-9,13H,5-7H2,1-4H3;7-9H,5-6H2,1-4H3;1-2H;1H4;;;/q;;;;;;;;2*+1;-2/t9-,10-,12-;7-,8-;8-,9-;9-,10-;2*8-,9-;;;;;/m000000...../s1. The number of aromatic nitrogens is 8. The van der Waals surface area contributed by atoms with E-state index in [9.17, 15) is 38.4 Å². The normalized spacial score (nSPS) is 22.5. The first-order valence-electron chi connectivity index (χ1n) is 39.3. The maximum absolute atomic E-state index is 13.1. The molecule has 676 valence electrons. The van der Waals surface area contributed by atoms with Crippen molar-refractivity contribution in [1.29, 1.82) is 0 Å². The molecule has 121 heavy (non-hydrogen) atoms. The number of rotatable bonds is 10. The number of alkyl carbamates (subject to hydrolysis) is 1. The Hall–Kier alpha value is -4.27. The zero-order valence-corrected chi connectivity index (χ0v) is 87.9. The summed E-state index contributed by atoms with van der Waals surface area (Å²) in [5.74, 6) is 3.21. The molecule has 42 heteroatoms. The summed E-state index contributed by atoms with van der Waals surface area (Å²) in [7, 11) is -1.82. The minimum atomic E-state index is -3.11. The molecule has 6 aliphatic rings. The third-order valence-electron chi connectivity index (χ3n) is 18.8. The first kappa shape index (κ1) is 117. The number of nitrogens with zero attached hydrogens (tertiary/aromatic N) is 10. The number of aliphatic hydroxyl groups excluding tert-OH is 1. The van der Waals surface area contributed by atoms with Crippen molar-refractivity contribution in [3.63, 3.8) is 0 Å². The van der Waals surface area contributed by atoms with Gasteiger partial charge in [0.1, 0.15) is 71.0 Å². The third kappa shape index (κ3) is 39.5. The first-order chi connectivity index (χ1) is 54.5. The molecule has 0 saturated carbocycles. The molecule has 0 unspecified atom stereocenters. The SMILES string of the molecule is C.COC(=O)N[C@H](C(=O)N1[C@@H](C)CC[C@H]1c1ncc(I)[nH]1)C(C)C.C[C@H]1CC[C@@H](C=O)N1C(=O)OC(C)(C)C.C[C@H]1CC[C@@H](CO)N1C(=O)OC(C)(C)C.C[C@H]1CC[C@@H](c2nc(I)c(I)[nH]2)N1C(=O)OC(C)(C)C.C[C@H]1CC[C@@H](c2ncc(I)[nH]2)N1C(=O)OC(C)(C)C.C[C@H]1CC[C@@H](c2ncc[nH]2)N1C(=O)OC(C)(C)C.O=CC=O.O=[S-](=O)[O-].[Na+].[Na+]. The van der Waals surface area contributed by atoms with Gasteiger partial charge in [0.25, 0.3) is 0 Å². The van der Waals surface area contributed by atoms with Crippen molar-refractivity contribution >= 4 is 163 Å². The van der Waals surface area contributed by atoms with Crippen LogP contribution < -0.4 is 64.4 Å². The van der Waals surface area contributed by atoms with Crippen LogP contribution in [-0.2, 0) is 67.0 Å². The summed E-state index contributed by atoms with van der Waals surface area (Å²) in [6, 6.07) is -0.183. The van der Waals surface area contributed by atoms with Gasteiger partial charge in [-0.25, -0.2) is 48.7 Å². The Morgan fingerprint density at radius 3 is 1.14 bits per heavy atom. The van der Waals surface area contributed by atoms with Crippen molar-refractivity contribution in [1.82, 2.24) is 74.6 Å². The van der Waals surface area contributed by atoms with Crippen molar-refractivity contribution in [3.05, 3.63) is 62.9 Å². The Morgan fingerprint density at radius 2 is 0.835 bits per heavy atom. The number of hydrogen-bond donors (Lipinski definition) is 6. The summed E-state index contributed by atoms with van der Waals surface area (Å²) in [6.07, 6.45) is 17.1. The van der Waals surface area contributed by atoms with Crippen molar-refractivity contribution in [3.8, 4) is 0 Å². The fourth-order valence-corrected chi connectivity index (χ4v) is 15.3. The number of aliphatic hydroxyl groups is 1. The van der Waals surface area contributed by atoms with E-state index >= 15 is 0 Å². The number of imidazole rings is 4. The number of nitrogens with one attached hydrogen (secondary N) is 5. The predicted octanol–water partition coefficient (Wildman–Crippen LogP) is 10.1. The van der Waals surface area contributed by atoms with Crippen LogP contribution in [-0.4, -0.2) is 236 Å². The van der Waals surface area contributed by atoms with Gasteiger partial charge in [-0.05, 0) is 319 Å². The quantitative estimate of drug-likeness (QED) is 0.0126. The van der Waals surface area contributed by atoms with E-state index in [0.29, 0.717) is 0 Å². The Morgan fingerprint density at radius 1 is 0.512 bits per heavy atom. The van der Waals surface area contributed by atoms with Crippen LogP contribution in [0, 0.1) is 20.7 Å². The Labute approximate surface area is 815 Å². The van der Waals surface area contributed by atoms with Gasteiger partial charge in [-0.2, -0.15) is 11.0 Å². The van der Waals surface area contributed by atoms with Crippen molar-refractivity contribution in [2.24, 2.45) is 5.92 Å². The predicted molar refractivity (Wildman–Crippen MR) is 479 cm³/mol. The number of aldehydes is 3. The third-order valence-corrected chi connectivity index (χ3v) is 22.5. The van der Waals surface area contributed by atoms with Crippen LogP contribution >= 0.6 is 90.4 Å². The minimum Gasteiger partial charge on any atom is -0.917 e. The molecule has 0 aromatic carbocycles. The van der Waals surface area contributed by atoms with Crippen LogP contribution in [0.1, 0.15) is 291 Å². The number of amides is 7. The molecule has 0 spiro atoms. The first-order valence-corrected chi connectivity index (χ1v) is 44.6. The molecule has 4 aromatic heterocycles. The maximum atomic E-state index is 13.1. The van der Waals surface area contributed by atoms with Gasteiger partial charge in [-0.15, -0.1) is 0 Å². The second kappa shape index (κ2) is 53.5. The molecule has 6 aliphatic heterocycles. The average molecular weight is 2190 g/mol. The molecule has 6 fully saturated rings. The molecule has 35 nitrogen and oxygen atoms in total. The molecule has 6 saturated heterocycles. The molecule has 0 bridgehead atoms. The fraction of sp³-hybridized carbons (Fsp3) is 0.722. The van der Waals surface area contributed by atoms with Crippen LogP contribution in [0.2, 0.25) is 0 Å². The van der Waals surface area contributed by atoms with Gasteiger partial charge >= 0.3 is 95.7 Å². The van der Waals surface area contributed by atoms with E-state index in [1.807, 2.05) is 155 Å². The van der Waals surface area contributed by atoms with Gasteiger partial charge in [-0.3, -0.25) is 34.0 Å². The molecular formula is C79H129I4N15Na2O20S. The zero-order chi connectivity index (χ0) is 90.0. The molecule has 10 rings (SSSR count). The van der Waals surface area contributed by atoms with E-state index in [2.05, 4.69) is 154 Å². The van der Waals surface area contributed by atoms with Crippen molar-refractivity contribution < 1.29 is 154 Å². The van der Waals surface area contributed by atoms with Crippen LogP contribution in [0.15, 0.2) is 24.8 Å². The molecule has 10 heterocycles. The molecule has 0 radical (unpaired) electrons. The number of carbonyl (C=O) groups excluding carboxylic acids is 10. The Bertz CT molecular complexity index is 3920. The second-order valence-electron chi connectivity index (χ2n) is 34.6. The van der Waals surface area contributed by atoms with Gasteiger partial charge in [0.2, 0.25) is 5.91 Å². The smallest absolute Gasteiger partial charge is 0.917 e. The van der Waals surface area contributed by atoms with Crippen LogP contribution in [0.3, 0.4) is 0 Å². The van der Waals surface area contributed by atoms with Crippen LogP contribution in [0.4, 0.5) is 28.8 Å². The number of halogens is 4. The summed E-state index contributed by atoms with van der Waals surface area (Å²) in [6.45, 7) is 43.9. The Kier molecular flexibility index (Phi) is 51.6. The van der Waals surface area contributed by atoms with Gasteiger partial charge in [0.05, 0.1) is 69.8 Å². The second-order valence-corrected chi connectivity index (χ2v) is 39.4. The fourth-order valence-electron chi connectivity index (χ4n) is 13.7. The summed E-state index contributed by atoms with van der Waals surface area (Å²) in [5, 5.41) is 11.8. The average Bonchev–Trinajstić information content (AvgIpc) is 1.67. The molecule has 6 N–H and O–H groups in total. The molecular weight excluding hydrogens is 2060 g/mol. The van der Waals surface area contributed by atoms with Gasteiger partial charge < -0.3 is 86.3 Å². The number of aromatic amines is 4. The van der Waals surface area contributed by atoms with Crippen LogP contribution in [0.5, 0.6) is 0 Å². The largest absolute Gasteiger partial charge is 1.00 e. The maximum Gasteiger partial charge on any atom is 1.00 e. The van der Waals surface area contributed by atoms with E-state index in [0.717, 1.165) is 121 Å². The van der Waals surface area contributed by atoms with Gasteiger partial charge in [0, 0.05) is 48.6 Å². The van der Waals surface area contributed by atoms with E-state index < -0.39 is 51.1 Å². The van der Waals surface area contributed by atoms with Crippen molar-refractivity contribution in [2.45, 2.75) is 350 Å². The number of likely N-dealkylation sites (tertiary alicyclic amines) is 6.